The summed E-state index contributed by atoms with van der Waals surface area (Å²) in [6, 6.07) is 7.03. The Kier molecular flexibility index (Phi) is 5.30. The summed E-state index contributed by atoms with van der Waals surface area (Å²) in [6.45, 7) is 0. The lowest BCUT2D eigenvalue weighted by Gasteiger charge is -2.05. The molecule has 0 fully saturated rings. The number of hydrogen-bond donors (Lipinski definition) is 1. The van der Waals surface area contributed by atoms with Crippen LogP contribution in [0, 0.1) is 11.3 Å². The average Bonchev–Trinajstić information content (AvgIpc) is 2.27. The maximum atomic E-state index is 11.9. The van der Waals surface area contributed by atoms with E-state index in [0.717, 1.165) is 12.8 Å². The predicted molar refractivity (Wildman–Crippen MR) is 66.6 cm³/mol. The zero-order valence-electron chi connectivity index (χ0n) is 8.78. The molecule has 0 bridgehead atoms. The van der Waals surface area contributed by atoms with Crippen LogP contribution in [0.2, 0.25) is 5.02 Å². The Hall–Kier alpha value is -1.05. The van der Waals surface area contributed by atoms with Crippen LogP contribution in [0.25, 0.3) is 0 Å². The first-order valence-electron chi connectivity index (χ1n) is 4.95. The van der Waals surface area contributed by atoms with Gasteiger partial charge in [0.2, 0.25) is 0 Å². The van der Waals surface area contributed by atoms with E-state index < -0.39 is 10.8 Å². The number of unbranched alkanes of at least 4 members (excludes halogenated alkanes) is 2. The number of nitrogen functional groups attached to an aromatic ring is 1. The molecule has 1 unspecified atom stereocenters. The Labute approximate surface area is 103 Å². The van der Waals surface area contributed by atoms with E-state index in [0.29, 0.717) is 27.8 Å². The Morgan fingerprint density at radius 1 is 1.44 bits per heavy atom. The van der Waals surface area contributed by atoms with E-state index in [1.807, 2.05) is 0 Å². The van der Waals surface area contributed by atoms with Gasteiger partial charge in [0.05, 0.1) is 26.8 Å². The highest BCUT2D eigenvalue weighted by Crippen LogP contribution is 2.23. The molecule has 2 N–H and O–H groups in total. The van der Waals surface area contributed by atoms with Gasteiger partial charge in [-0.15, -0.1) is 0 Å². The first kappa shape index (κ1) is 13.0. The molecule has 16 heavy (non-hydrogen) atoms. The molecular formula is C11H13ClN2OS. The number of nitrogens with two attached hydrogens (primary N) is 1. The smallest absolute Gasteiger partial charge is 0.0621 e. The summed E-state index contributed by atoms with van der Waals surface area (Å²) in [5, 5.41) is 8.84. The van der Waals surface area contributed by atoms with Crippen molar-refractivity contribution in [2.45, 2.75) is 24.2 Å². The molecule has 0 aliphatic carbocycles. The third-order valence-corrected chi connectivity index (χ3v) is 4.00. The number of nitriles is 1. The van der Waals surface area contributed by atoms with Crippen LogP contribution >= 0.6 is 11.6 Å². The third-order valence-electron chi connectivity index (χ3n) is 2.07. The maximum absolute atomic E-state index is 11.9. The molecule has 0 aromatic heterocycles. The van der Waals surface area contributed by atoms with Gasteiger partial charge in [0.25, 0.3) is 0 Å². The Morgan fingerprint density at radius 2 is 2.19 bits per heavy atom. The molecule has 0 aliphatic rings. The van der Waals surface area contributed by atoms with E-state index in [9.17, 15) is 4.21 Å². The van der Waals surface area contributed by atoms with E-state index in [4.69, 9.17) is 22.6 Å². The third kappa shape index (κ3) is 3.84. The van der Waals surface area contributed by atoms with E-state index in [2.05, 4.69) is 6.07 Å². The minimum absolute atomic E-state index is 0.479. The second-order valence-corrected chi connectivity index (χ2v) is 5.30. The highest BCUT2D eigenvalue weighted by atomic mass is 35.5. The number of halogens is 1. The van der Waals surface area contributed by atoms with Gasteiger partial charge in [0.15, 0.2) is 0 Å². The van der Waals surface area contributed by atoms with Crippen molar-refractivity contribution in [3.8, 4) is 6.07 Å². The molecular weight excluding hydrogens is 244 g/mol. The first-order chi connectivity index (χ1) is 7.65. The fraction of sp³-hybridized carbons (Fsp3) is 0.364. The molecule has 0 saturated carbocycles. The van der Waals surface area contributed by atoms with Crippen molar-refractivity contribution in [3.05, 3.63) is 23.2 Å². The van der Waals surface area contributed by atoms with Crippen LogP contribution in [0.5, 0.6) is 0 Å². The second kappa shape index (κ2) is 6.51. The molecule has 86 valence electrons. The van der Waals surface area contributed by atoms with Crippen molar-refractivity contribution >= 4 is 28.1 Å². The number of rotatable bonds is 5. The molecule has 3 nitrogen and oxygen atoms in total. The van der Waals surface area contributed by atoms with Crippen molar-refractivity contribution in [2.24, 2.45) is 0 Å². The SMILES string of the molecule is N#CCCCCS(=O)c1cc(N)ccc1Cl. The van der Waals surface area contributed by atoms with Gasteiger partial charge in [-0.25, -0.2) is 0 Å². The second-order valence-electron chi connectivity index (χ2n) is 3.35. The molecule has 0 aliphatic heterocycles. The van der Waals surface area contributed by atoms with Crippen LogP contribution in [0.1, 0.15) is 19.3 Å². The highest BCUT2D eigenvalue weighted by molar-refractivity contribution is 7.85. The van der Waals surface area contributed by atoms with Crippen molar-refractivity contribution in [1.82, 2.24) is 0 Å². The van der Waals surface area contributed by atoms with E-state index in [-0.39, 0.29) is 0 Å². The van der Waals surface area contributed by atoms with Crippen LogP contribution in [-0.4, -0.2) is 9.96 Å². The normalized spacial score (nSPS) is 12.0. The van der Waals surface area contributed by atoms with Crippen LogP contribution < -0.4 is 5.73 Å². The summed E-state index contributed by atoms with van der Waals surface area (Å²) in [5.74, 6) is 0.519. The van der Waals surface area contributed by atoms with Crippen molar-refractivity contribution in [2.75, 3.05) is 11.5 Å². The number of nitrogens with zero attached hydrogens (tertiary/aromatic N) is 1. The van der Waals surface area contributed by atoms with Crippen LogP contribution in [0.3, 0.4) is 0 Å². The topological polar surface area (TPSA) is 66.9 Å². The fourth-order valence-electron chi connectivity index (χ4n) is 1.24. The van der Waals surface area contributed by atoms with E-state index in [1.54, 1.807) is 18.2 Å². The number of hydrogen-bond acceptors (Lipinski definition) is 3. The highest BCUT2D eigenvalue weighted by Gasteiger charge is 2.08. The van der Waals surface area contributed by atoms with Gasteiger partial charge in [-0.05, 0) is 31.0 Å². The molecule has 0 heterocycles. The van der Waals surface area contributed by atoms with Gasteiger partial charge in [-0.1, -0.05) is 11.6 Å². The van der Waals surface area contributed by atoms with Crippen LogP contribution in [0.4, 0.5) is 5.69 Å². The summed E-state index contributed by atoms with van der Waals surface area (Å²) in [4.78, 5) is 0.582. The molecule has 0 spiro atoms. The molecule has 5 heteroatoms. The maximum Gasteiger partial charge on any atom is 0.0621 e. The zero-order chi connectivity index (χ0) is 12.0. The molecule has 1 aromatic rings. The van der Waals surface area contributed by atoms with E-state index in [1.165, 1.54) is 0 Å². The van der Waals surface area contributed by atoms with Gasteiger partial charge in [0.1, 0.15) is 0 Å². The summed E-state index contributed by atoms with van der Waals surface area (Å²) in [7, 11) is -1.13. The van der Waals surface area contributed by atoms with Gasteiger partial charge in [-0.2, -0.15) is 5.26 Å². The lowest BCUT2D eigenvalue weighted by atomic mass is 10.3. The van der Waals surface area contributed by atoms with Gasteiger partial charge in [0, 0.05) is 17.9 Å². The molecule has 1 atom stereocenters. The molecule has 0 radical (unpaired) electrons. The monoisotopic (exact) mass is 256 g/mol. The quantitative estimate of drug-likeness (QED) is 0.651. The van der Waals surface area contributed by atoms with Crippen molar-refractivity contribution < 1.29 is 4.21 Å². The Morgan fingerprint density at radius 3 is 2.88 bits per heavy atom. The van der Waals surface area contributed by atoms with E-state index >= 15 is 0 Å². The van der Waals surface area contributed by atoms with Gasteiger partial charge < -0.3 is 5.73 Å². The summed E-state index contributed by atoms with van der Waals surface area (Å²) in [5.41, 5.74) is 6.17. The summed E-state index contributed by atoms with van der Waals surface area (Å²) in [6.07, 6.45) is 2.02. The Balaban J connectivity index is 2.59. The number of benzene rings is 1. The van der Waals surface area contributed by atoms with Gasteiger partial charge in [-0.3, -0.25) is 4.21 Å². The van der Waals surface area contributed by atoms with Crippen molar-refractivity contribution in [3.63, 3.8) is 0 Å². The van der Waals surface area contributed by atoms with Crippen LogP contribution in [0.15, 0.2) is 23.1 Å². The van der Waals surface area contributed by atoms with Gasteiger partial charge >= 0.3 is 0 Å². The molecule has 0 saturated heterocycles. The minimum Gasteiger partial charge on any atom is -0.399 e. The summed E-state index contributed by atoms with van der Waals surface area (Å²) >= 11 is 5.93. The lowest BCUT2D eigenvalue weighted by Crippen LogP contribution is -2.00. The first-order valence-corrected chi connectivity index (χ1v) is 6.65. The summed E-state index contributed by atoms with van der Waals surface area (Å²) < 4.78 is 11.9. The predicted octanol–water partition coefficient (Wildman–Crippen LogP) is 2.72. The molecule has 0 amide bonds. The Bertz CT molecular complexity index is 428. The lowest BCUT2D eigenvalue weighted by molar-refractivity contribution is 0.678. The molecule has 1 aromatic carbocycles. The number of anilines is 1. The molecule has 1 rings (SSSR count). The minimum atomic E-state index is -1.13. The standard InChI is InChI=1S/C11H13ClN2OS/c12-10-5-4-9(14)8-11(10)16(15)7-3-1-2-6-13/h4-5,8H,1-3,7,14H2. The zero-order valence-corrected chi connectivity index (χ0v) is 10.4. The average molecular weight is 257 g/mol. The van der Waals surface area contributed by atoms with Crippen molar-refractivity contribution in [1.29, 1.82) is 5.26 Å². The van der Waals surface area contributed by atoms with Crippen LogP contribution in [-0.2, 0) is 10.8 Å². The fourth-order valence-corrected chi connectivity index (χ4v) is 2.86. The largest absolute Gasteiger partial charge is 0.399 e.